The van der Waals surface area contributed by atoms with Crippen molar-refractivity contribution in [1.29, 1.82) is 0 Å². The lowest BCUT2D eigenvalue weighted by Gasteiger charge is -2.33. The Morgan fingerprint density at radius 1 is 1.18 bits per heavy atom. The third kappa shape index (κ3) is 8.32. The Morgan fingerprint density at radius 3 is 2.75 bits per heavy atom. The highest BCUT2D eigenvalue weighted by atomic mass is 16.5. The van der Waals surface area contributed by atoms with Crippen LogP contribution in [0.1, 0.15) is 66.0 Å². The number of aliphatic hydroxyl groups excluding tert-OH is 1. The maximum atomic E-state index is 12.8. The Labute approximate surface area is 258 Å². The number of anilines is 1. The second kappa shape index (κ2) is 14.6. The number of piperidine rings is 1. The fourth-order valence-electron chi connectivity index (χ4n) is 5.84. The van der Waals surface area contributed by atoms with Gasteiger partial charge < -0.3 is 29.8 Å². The normalized spacial score (nSPS) is 16.4. The number of oxazole rings is 1. The predicted molar refractivity (Wildman–Crippen MR) is 164 cm³/mol. The van der Waals surface area contributed by atoms with E-state index < -0.39 is 6.10 Å². The van der Waals surface area contributed by atoms with Crippen LogP contribution in [-0.2, 0) is 24.4 Å². The summed E-state index contributed by atoms with van der Waals surface area (Å²) in [6.45, 7) is 10.0. The fourth-order valence-corrected chi connectivity index (χ4v) is 5.84. The van der Waals surface area contributed by atoms with Crippen molar-refractivity contribution >= 4 is 17.6 Å². The molecule has 1 fully saturated rings. The summed E-state index contributed by atoms with van der Waals surface area (Å²) in [5.41, 5.74) is 3.85. The summed E-state index contributed by atoms with van der Waals surface area (Å²) in [7, 11) is 0. The minimum Gasteiger partial charge on any atom is -0.485 e. The summed E-state index contributed by atoms with van der Waals surface area (Å²) in [4.78, 5) is 41.6. The van der Waals surface area contributed by atoms with Crippen molar-refractivity contribution in [2.75, 3.05) is 38.0 Å². The molecule has 12 nitrogen and oxygen atoms in total. The van der Waals surface area contributed by atoms with Crippen molar-refractivity contribution in [3.63, 3.8) is 0 Å². The zero-order chi connectivity index (χ0) is 31.1. The molecule has 2 aromatic heterocycles. The van der Waals surface area contributed by atoms with Crippen LogP contribution in [0.4, 0.5) is 5.82 Å². The molecule has 2 amide bonds. The van der Waals surface area contributed by atoms with E-state index in [0.29, 0.717) is 50.2 Å². The lowest BCUT2D eigenvalue weighted by Crippen LogP contribution is -2.43. The van der Waals surface area contributed by atoms with Crippen molar-refractivity contribution in [3.8, 4) is 5.75 Å². The number of hydrogen-bond acceptors (Lipinski definition) is 10. The number of amides is 2. The van der Waals surface area contributed by atoms with Crippen LogP contribution in [0.3, 0.4) is 0 Å². The van der Waals surface area contributed by atoms with E-state index >= 15 is 0 Å². The van der Waals surface area contributed by atoms with Gasteiger partial charge in [0, 0.05) is 57.8 Å². The molecule has 4 heterocycles. The molecule has 3 N–H and O–H groups in total. The minimum atomic E-state index is -0.728. The molecule has 0 spiro atoms. The van der Waals surface area contributed by atoms with E-state index in [2.05, 4.69) is 57.3 Å². The number of aromatic nitrogens is 3. The highest BCUT2D eigenvalue weighted by molar-refractivity contribution is 5.92. The second-order valence-corrected chi connectivity index (χ2v) is 12.1. The first-order chi connectivity index (χ1) is 21.2. The highest BCUT2D eigenvalue weighted by Gasteiger charge is 2.24. The number of carbonyl (C=O) groups excluding carboxylic acids is 2. The van der Waals surface area contributed by atoms with Gasteiger partial charge in [-0.05, 0) is 54.9 Å². The van der Waals surface area contributed by atoms with E-state index in [1.807, 2.05) is 11.0 Å². The predicted octanol–water partition coefficient (Wildman–Crippen LogP) is 2.95. The molecular weight excluding hydrogens is 562 g/mol. The molecule has 2 aliphatic heterocycles. The first-order valence-corrected chi connectivity index (χ1v) is 15.4. The van der Waals surface area contributed by atoms with Crippen LogP contribution in [0, 0.1) is 12.8 Å². The number of nitrogens with zero attached hydrogens (tertiary/aromatic N) is 5. The van der Waals surface area contributed by atoms with Gasteiger partial charge in [-0.25, -0.2) is 15.0 Å². The van der Waals surface area contributed by atoms with Gasteiger partial charge in [0.2, 0.25) is 5.91 Å². The first-order valence-electron chi connectivity index (χ1n) is 15.4. The highest BCUT2D eigenvalue weighted by Crippen LogP contribution is 2.30. The molecule has 3 aromatic rings. The third-order valence-electron chi connectivity index (χ3n) is 8.22. The van der Waals surface area contributed by atoms with Crippen LogP contribution in [0.25, 0.3) is 0 Å². The maximum absolute atomic E-state index is 12.8. The largest absolute Gasteiger partial charge is 0.485 e. The Hall–Kier alpha value is -4.03. The number of ether oxygens (including phenoxy) is 1. The number of fused-ring (bicyclic) bond motifs is 1. The molecule has 236 valence electrons. The van der Waals surface area contributed by atoms with Gasteiger partial charge in [0.15, 0.2) is 12.2 Å². The third-order valence-corrected chi connectivity index (χ3v) is 8.22. The van der Waals surface area contributed by atoms with Crippen LogP contribution >= 0.6 is 0 Å². The molecule has 0 unspecified atom stereocenters. The van der Waals surface area contributed by atoms with Crippen molar-refractivity contribution in [2.24, 2.45) is 5.92 Å². The summed E-state index contributed by atoms with van der Waals surface area (Å²) in [5, 5.41) is 16.9. The van der Waals surface area contributed by atoms with Crippen LogP contribution in [0.15, 0.2) is 41.5 Å². The fraction of sp³-hybridized carbons (Fsp3) is 0.531. The average molecular weight is 606 g/mol. The van der Waals surface area contributed by atoms with Crippen LogP contribution < -0.4 is 15.4 Å². The number of benzene rings is 1. The van der Waals surface area contributed by atoms with Crippen LogP contribution in [0.5, 0.6) is 5.75 Å². The number of β-amino-alcohol motifs (C(OH)–C–C–N with tert-alkyl or cyclic N) is 1. The quantitative estimate of drug-likeness (QED) is 0.282. The lowest BCUT2D eigenvalue weighted by molar-refractivity contribution is -0.132. The standard InChI is InChI=1S/C32H43N7O5/c1-21(2)12-31(41)39-10-6-24(7-11-39)37-30-13-28(35-19-36-30)32(42)34-14-25(40)17-38-9-8-27-22(3)29(5-4-23(27)16-38)43-18-26-15-33-20-44-26/h4-5,13,15,19-21,24-25,40H,6-12,14,16-18H2,1-3H3,(H,34,42)(H,35,36,37)/t25-/m0/s1. The minimum absolute atomic E-state index is 0.116. The van der Waals surface area contributed by atoms with Crippen molar-refractivity contribution in [3.05, 3.63) is 65.3 Å². The number of rotatable bonds is 12. The zero-order valence-electron chi connectivity index (χ0n) is 25.8. The van der Waals surface area contributed by atoms with Crippen molar-refractivity contribution < 1.29 is 23.8 Å². The smallest absolute Gasteiger partial charge is 0.270 e. The Bertz CT molecular complexity index is 1410. The van der Waals surface area contributed by atoms with Gasteiger partial charge >= 0.3 is 0 Å². The summed E-state index contributed by atoms with van der Waals surface area (Å²) in [6.07, 6.45) is 6.74. The Morgan fingerprint density at radius 2 is 2.00 bits per heavy atom. The van der Waals surface area contributed by atoms with Gasteiger partial charge in [0.25, 0.3) is 5.91 Å². The Balaban J connectivity index is 1.05. The molecule has 0 saturated carbocycles. The van der Waals surface area contributed by atoms with Gasteiger partial charge in [-0.3, -0.25) is 14.5 Å². The molecule has 1 saturated heterocycles. The number of likely N-dealkylation sites (tertiary alicyclic amines) is 1. The van der Waals surface area contributed by atoms with Crippen molar-refractivity contribution in [2.45, 2.75) is 71.8 Å². The maximum Gasteiger partial charge on any atom is 0.270 e. The molecule has 0 aliphatic carbocycles. The molecule has 12 heteroatoms. The molecular formula is C32H43N7O5. The average Bonchev–Trinajstić information content (AvgIpc) is 3.53. The van der Waals surface area contributed by atoms with E-state index in [1.165, 1.54) is 23.8 Å². The molecule has 1 aromatic carbocycles. The second-order valence-electron chi connectivity index (χ2n) is 12.1. The molecule has 44 heavy (non-hydrogen) atoms. The van der Waals surface area contributed by atoms with Gasteiger partial charge in [-0.1, -0.05) is 19.9 Å². The van der Waals surface area contributed by atoms with E-state index in [-0.39, 0.29) is 30.1 Å². The topological polar surface area (TPSA) is 146 Å². The first kappa shape index (κ1) is 31.4. The van der Waals surface area contributed by atoms with Crippen LogP contribution in [0.2, 0.25) is 0 Å². The summed E-state index contributed by atoms with van der Waals surface area (Å²) in [5.74, 6) is 2.28. The van der Waals surface area contributed by atoms with Gasteiger partial charge in [0.05, 0.1) is 12.3 Å². The summed E-state index contributed by atoms with van der Waals surface area (Å²) >= 11 is 0. The molecule has 5 rings (SSSR count). The monoisotopic (exact) mass is 605 g/mol. The SMILES string of the molecule is Cc1c(OCc2cnco2)ccc2c1CCN(C[C@@H](O)CNC(=O)c1cc(NC3CCN(C(=O)CC(C)C)CC3)ncn1)C2. The molecule has 0 radical (unpaired) electrons. The number of nitrogens with one attached hydrogen (secondary N) is 2. The van der Waals surface area contributed by atoms with Crippen molar-refractivity contribution in [1.82, 2.24) is 30.1 Å². The number of carbonyl (C=O) groups is 2. The van der Waals surface area contributed by atoms with E-state index in [0.717, 1.165) is 43.7 Å². The van der Waals surface area contributed by atoms with E-state index in [4.69, 9.17) is 9.15 Å². The number of hydrogen-bond donors (Lipinski definition) is 3. The van der Waals surface area contributed by atoms with Gasteiger partial charge in [-0.2, -0.15) is 0 Å². The summed E-state index contributed by atoms with van der Waals surface area (Å²) in [6, 6.07) is 5.86. The zero-order valence-corrected chi connectivity index (χ0v) is 25.8. The van der Waals surface area contributed by atoms with Gasteiger partial charge in [-0.15, -0.1) is 0 Å². The van der Waals surface area contributed by atoms with Crippen LogP contribution in [-0.4, -0.2) is 86.5 Å². The van der Waals surface area contributed by atoms with E-state index in [1.54, 1.807) is 12.3 Å². The van der Waals surface area contributed by atoms with E-state index in [9.17, 15) is 14.7 Å². The molecule has 2 aliphatic rings. The number of aliphatic hydroxyl groups is 1. The lowest BCUT2D eigenvalue weighted by atomic mass is 9.94. The van der Waals surface area contributed by atoms with Gasteiger partial charge in [0.1, 0.15) is 30.2 Å². The Kier molecular flexibility index (Phi) is 10.4. The molecule has 1 atom stereocenters. The molecule has 0 bridgehead atoms. The summed E-state index contributed by atoms with van der Waals surface area (Å²) < 4.78 is 11.2.